The Bertz CT molecular complexity index is 484. The lowest BCUT2D eigenvalue weighted by Gasteiger charge is -2.24. The van der Waals surface area contributed by atoms with Crippen LogP contribution in [-0.2, 0) is 4.74 Å². The van der Waals surface area contributed by atoms with Gasteiger partial charge in [-0.05, 0) is 38.8 Å². The number of hydrogen-bond acceptors (Lipinski definition) is 4. The molecule has 112 valence electrons. The van der Waals surface area contributed by atoms with Gasteiger partial charge in [-0.25, -0.2) is 9.59 Å². The molecule has 1 aromatic heterocycles. The Kier molecular flexibility index (Phi) is 4.81. The van der Waals surface area contributed by atoms with E-state index >= 15 is 0 Å². The van der Waals surface area contributed by atoms with Crippen molar-refractivity contribution in [2.75, 3.05) is 0 Å². The molecule has 6 heteroatoms. The fraction of sp³-hybridized carbons (Fsp3) is 0.571. The molecule has 0 bridgehead atoms. The van der Waals surface area contributed by atoms with E-state index in [9.17, 15) is 9.59 Å². The smallest absolute Gasteiger partial charge is 0.408 e. The lowest BCUT2D eigenvalue weighted by molar-refractivity contribution is 0.0481. The molecule has 0 unspecified atom stereocenters. The number of carboxylic acids is 1. The van der Waals surface area contributed by atoms with E-state index in [2.05, 4.69) is 5.32 Å². The highest BCUT2D eigenvalue weighted by Gasteiger charge is 2.25. The van der Waals surface area contributed by atoms with Crippen molar-refractivity contribution in [2.45, 2.75) is 46.3 Å². The highest BCUT2D eigenvalue weighted by molar-refractivity contribution is 5.84. The van der Waals surface area contributed by atoms with Crippen LogP contribution in [0.3, 0.4) is 0 Å². The van der Waals surface area contributed by atoms with Crippen LogP contribution in [0.5, 0.6) is 0 Å². The first-order valence-corrected chi connectivity index (χ1v) is 6.42. The lowest BCUT2D eigenvalue weighted by atomic mass is 10.0. The SMILES string of the molecule is CC(C)[C@@H](NC(=O)OC(C)(C)C)c1ccc(C(=O)O)o1. The number of nitrogens with one attached hydrogen (secondary N) is 1. The summed E-state index contributed by atoms with van der Waals surface area (Å²) in [4.78, 5) is 22.6. The zero-order valence-corrected chi connectivity index (χ0v) is 12.4. The van der Waals surface area contributed by atoms with Gasteiger partial charge in [0.15, 0.2) is 0 Å². The summed E-state index contributed by atoms with van der Waals surface area (Å²) in [5.41, 5.74) is -0.596. The predicted octanol–water partition coefficient (Wildman–Crippen LogP) is 3.20. The van der Waals surface area contributed by atoms with Gasteiger partial charge in [0.1, 0.15) is 11.4 Å². The molecule has 0 spiro atoms. The molecule has 1 amide bonds. The minimum atomic E-state index is -1.14. The maximum Gasteiger partial charge on any atom is 0.408 e. The summed E-state index contributed by atoms with van der Waals surface area (Å²) in [6, 6.07) is 2.47. The topological polar surface area (TPSA) is 88.8 Å². The molecule has 0 aliphatic heterocycles. The summed E-state index contributed by atoms with van der Waals surface area (Å²) in [6.45, 7) is 9.10. The maximum atomic E-state index is 11.8. The number of alkyl carbamates (subject to hydrolysis) is 1. The van der Waals surface area contributed by atoms with Crippen LogP contribution in [0.2, 0.25) is 0 Å². The van der Waals surface area contributed by atoms with Gasteiger partial charge < -0.3 is 19.6 Å². The molecule has 0 saturated heterocycles. The Balaban J connectivity index is 2.84. The van der Waals surface area contributed by atoms with Crippen LogP contribution in [0, 0.1) is 5.92 Å². The largest absolute Gasteiger partial charge is 0.475 e. The van der Waals surface area contributed by atoms with Crippen LogP contribution in [0.4, 0.5) is 4.79 Å². The van der Waals surface area contributed by atoms with E-state index in [1.165, 1.54) is 6.07 Å². The Morgan fingerprint density at radius 1 is 1.30 bits per heavy atom. The minimum absolute atomic E-state index is 0.0234. The van der Waals surface area contributed by atoms with Crippen molar-refractivity contribution < 1.29 is 23.8 Å². The lowest BCUT2D eigenvalue weighted by Crippen LogP contribution is -2.36. The standard InChI is InChI=1S/C14H21NO5/c1-8(2)11(15-13(18)20-14(3,4)5)9-6-7-10(19-9)12(16)17/h6-8,11H,1-5H3,(H,15,18)(H,16,17)/t11-/m1/s1. The van der Waals surface area contributed by atoms with Crippen molar-refractivity contribution in [3.8, 4) is 0 Å². The van der Waals surface area contributed by atoms with Crippen molar-refractivity contribution >= 4 is 12.1 Å². The van der Waals surface area contributed by atoms with Gasteiger partial charge in [0, 0.05) is 0 Å². The Labute approximate surface area is 118 Å². The molecule has 1 heterocycles. The van der Waals surface area contributed by atoms with Crippen LogP contribution in [-0.4, -0.2) is 22.8 Å². The summed E-state index contributed by atoms with van der Waals surface area (Å²) >= 11 is 0. The molecule has 0 radical (unpaired) electrons. The first-order chi connectivity index (χ1) is 9.10. The highest BCUT2D eigenvalue weighted by atomic mass is 16.6. The van der Waals surface area contributed by atoms with Crippen molar-refractivity contribution in [3.63, 3.8) is 0 Å². The normalized spacial score (nSPS) is 13.1. The van der Waals surface area contributed by atoms with Gasteiger partial charge in [-0.2, -0.15) is 0 Å². The first kappa shape index (κ1) is 16.1. The average Bonchev–Trinajstić information content (AvgIpc) is 2.71. The minimum Gasteiger partial charge on any atom is -0.475 e. The summed E-state index contributed by atoms with van der Waals surface area (Å²) in [5, 5.41) is 11.5. The number of ether oxygens (including phenoxy) is 1. The molecular formula is C14H21NO5. The van der Waals surface area contributed by atoms with Crippen LogP contribution in [0.25, 0.3) is 0 Å². The third-order valence-electron chi connectivity index (χ3n) is 2.48. The Morgan fingerprint density at radius 2 is 1.90 bits per heavy atom. The third-order valence-corrected chi connectivity index (χ3v) is 2.48. The molecular weight excluding hydrogens is 262 g/mol. The van der Waals surface area contributed by atoms with Gasteiger partial charge in [0.25, 0.3) is 0 Å². The highest BCUT2D eigenvalue weighted by Crippen LogP contribution is 2.24. The maximum absolute atomic E-state index is 11.8. The second-order valence-corrected chi connectivity index (χ2v) is 5.88. The quantitative estimate of drug-likeness (QED) is 0.885. The zero-order valence-electron chi connectivity index (χ0n) is 12.4. The van der Waals surface area contributed by atoms with Gasteiger partial charge >= 0.3 is 12.1 Å². The molecule has 0 saturated carbocycles. The fourth-order valence-electron chi connectivity index (χ4n) is 1.64. The van der Waals surface area contributed by atoms with Gasteiger partial charge in [0.2, 0.25) is 5.76 Å². The summed E-state index contributed by atoms with van der Waals surface area (Å²) in [6.07, 6.45) is -0.565. The Hall–Kier alpha value is -1.98. The number of carbonyl (C=O) groups excluding carboxylic acids is 1. The number of hydrogen-bond donors (Lipinski definition) is 2. The third kappa shape index (κ3) is 4.60. The van der Waals surface area contributed by atoms with E-state index in [4.69, 9.17) is 14.3 Å². The van der Waals surface area contributed by atoms with Crippen molar-refractivity contribution in [1.29, 1.82) is 0 Å². The Morgan fingerprint density at radius 3 is 2.30 bits per heavy atom. The molecule has 0 aliphatic carbocycles. The molecule has 20 heavy (non-hydrogen) atoms. The van der Waals surface area contributed by atoms with E-state index in [0.29, 0.717) is 5.76 Å². The van der Waals surface area contributed by atoms with E-state index < -0.39 is 23.7 Å². The van der Waals surface area contributed by atoms with Crippen LogP contribution < -0.4 is 5.32 Å². The molecule has 1 aromatic rings. The molecule has 0 aromatic carbocycles. The summed E-state index contributed by atoms with van der Waals surface area (Å²) in [7, 11) is 0. The molecule has 0 aliphatic rings. The molecule has 6 nitrogen and oxygen atoms in total. The molecule has 1 atom stereocenters. The van der Waals surface area contributed by atoms with Crippen molar-refractivity contribution in [2.24, 2.45) is 5.92 Å². The zero-order chi connectivity index (χ0) is 15.5. The second kappa shape index (κ2) is 5.98. The van der Waals surface area contributed by atoms with Crippen molar-refractivity contribution in [3.05, 3.63) is 23.7 Å². The fourth-order valence-corrected chi connectivity index (χ4v) is 1.64. The predicted molar refractivity (Wildman–Crippen MR) is 72.6 cm³/mol. The van der Waals surface area contributed by atoms with E-state index in [1.807, 2.05) is 13.8 Å². The first-order valence-electron chi connectivity index (χ1n) is 6.42. The van der Waals surface area contributed by atoms with E-state index in [1.54, 1.807) is 26.8 Å². The second-order valence-electron chi connectivity index (χ2n) is 5.88. The number of rotatable bonds is 4. The van der Waals surface area contributed by atoms with Crippen LogP contribution >= 0.6 is 0 Å². The van der Waals surface area contributed by atoms with Gasteiger partial charge in [0.05, 0.1) is 6.04 Å². The molecule has 2 N–H and O–H groups in total. The van der Waals surface area contributed by atoms with E-state index in [0.717, 1.165) is 0 Å². The number of aromatic carboxylic acids is 1. The number of carboxylic acid groups (broad SMARTS) is 1. The van der Waals surface area contributed by atoms with Crippen molar-refractivity contribution in [1.82, 2.24) is 5.32 Å². The molecule has 1 rings (SSSR count). The van der Waals surface area contributed by atoms with Crippen LogP contribution in [0.1, 0.15) is 57.0 Å². The number of carbonyl (C=O) groups is 2. The number of amides is 1. The molecule has 0 fully saturated rings. The van der Waals surface area contributed by atoms with Gasteiger partial charge in [-0.3, -0.25) is 0 Å². The van der Waals surface area contributed by atoms with E-state index in [-0.39, 0.29) is 11.7 Å². The average molecular weight is 283 g/mol. The summed E-state index contributed by atoms with van der Waals surface area (Å²) in [5.74, 6) is -0.883. The monoisotopic (exact) mass is 283 g/mol. The van der Waals surface area contributed by atoms with Gasteiger partial charge in [-0.15, -0.1) is 0 Å². The van der Waals surface area contributed by atoms with Crippen LogP contribution in [0.15, 0.2) is 16.5 Å². The summed E-state index contributed by atoms with van der Waals surface area (Å²) < 4.78 is 10.4. The van der Waals surface area contributed by atoms with Gasteiger partial charge in [-0.1, -0.05) is 13.8 Å². The number of furan rings is 1.